The predicted molar refractivity (Wildman–Crippen MR) is 160 cm³/mol. The largest absolute Gasteiger partial charge is 0.497 e. The summed E-state index contributed by atoms with van der Waals surface area (Å²) >= 11 is 3.47. The number of ether oxygens (including phenoxy) is 1. The molecule has 1 aliphatic rings. The van der Waals surface area contributed by atoms with Crippen LogP contribution in [0.1, 0.15) is 25.0 Å². The maximum absolute atomic E-state index is 13.6. The van der Waals surface area contributed by atoms with E-state index in [-0.39, 0.29) is 5.56 Å². The number of likely N-dealkylation sites (N-methyl/N-ethyl adjacent to an activating group) is 2. The third-order valence-corrected chi connectivity index (χ3v) is 7.54. The fourth-order valence-electron chi connectivity index (χ4n) is 4.88. The molecule has 0 radical (unpaired) electrons. The van der Waals surface area contributed by atoms with E-state index < -0.39 is 0 Å². The highest BCUT2D eigenvalue weighted by molar-refractivity contribution is 9.10. The van der Waals surface area contributed by atoms with Gasteiger partial charge in [0.1, 0.15) is 5.75 Å². The lowest BCUT2D eigenvalue weighted by Gasteiger charge is -2.24. The summed E-state index contributed by atoms with van der Waals surface area (Å²) in [5, 5.41) is 13.6. The van der Waals surface area contributed by atoms with Gasteiger partial charge in [0.2, 0.25) is 0 Å². The van der Waals surface area contributed by atoms with Crippen molar-refractivity contribution in [1.29, 1.82) is 0 Å². The first-order valence-electron chi connectivity index (χ1n) is 13.2. The first-order valence-corrected chi connectivity index (χ1v) is 14.0. The van der Waals surface area contributed by atoms with E-state index >= 15 is 0 Å². The van der Waals surface area contributed by atoms with E-state index in [1.54, 1.807) is 19.4 Å². The molecule has 0 bridgehead atoms. The minimum Gasteiger partial charge on any atom is -0.497 e. The molecule has 1 aliphatic heterocycles. The lowest BCUT2D eigenvalue weighted by atomic mass is 10.1. The normalized spacial score (nSPS) is 15.1. The van der Waals surface area contributed by atoms with E-state index in [1.807, 2.05) is 48.5 Å². The standard InChI is InChI=1S/C30H33BrN6O2/c1-4-35-19-25(20-36(35)5-2)32-17-21-6-10-23(11-7-21)29-34-28-15-12-24(31)16-27(28)30(38)37(29)33-18-22-8-13-26(39-3)14-9-22/h6-16,18,25,32H,4-5,17,19-20H2,1-3H3. The van der Waals surface area contributed by atoms with Crippen molar-refractivity contribution in [2.75, 3.05) is 33.3 Å². The Morgan fingerprint density at radius 2 is 1.72 bits per heavy atom. The fourth-order valence-corrected chi connectivity index (χ4v) is 5.24. The highest BCUT2D eigenvalue weighted by Gasteiger charge is 2.27. The number of hydrogen-bond donors (Lipinski definition) is 1. The fraction of sp³-hybridized carbons (Fsp3) is 0.300. The first-order chi connectivity index (χ1) is 19.0. The van der Waals surface area contributed by atoms with Gasteiger partial charge < -0.3 is 10.1 Å². The Hall–Kier alpha value is -3.37. The number of nitrogens with one attached hydrogen (secondary N) is 1. The van der Waals surface area contributed by atoms with Gasteiger partial charge in [-0.2, -0.15) is 9.78 Å². The molecule has 1 aromatic heterocycles. The molecular weight excluding hydrogens is 556 g/mol. The van der Waals surface area contributed by atoms with Gasteiger partial charge in [-0.15, -0.1) is 0 Å². The number of fused-ring (bicyclic) bond motifs is 1. The van der Waals surface area contributed by atoms with Gasteiger partial charge in [-0.25, -0.2) is 15.0 Å². The average Bonchev–Trinajstić information content (AvgIpc) is 3.39. The Morgan fingerprint density at radius 3 is 2.36 bits per heavy atom. The molecule has 0 saturated carbocycles. The van der Waals surface area contributed by atoms with Crippen LogP contribution in [0.25, 0.3) is 22.3 Å². The van der Waals surface area contributed by atoms with Crippen molar-refractivity contribution in [2.45, 2.75) is 26.4 Å². The maximum Gasteiger partial charge on any atom is 0.282 e. The van der Waals surface area contributed by atoms with E-state index in [4.69, 9.17) is 9.72 Å². The van der Waals surface area contributed by atoms with Crippen LogP contribution in [-0.4, -0.2) is 65.2 Å². The minimum atomic E-state index is -0.228. The van der Waals surface area contributed by atoms with Crippen molar-refractivity contribution in [3.63, 3.8) is 0 Å². The summed E-state index contributed by atoms with van der Waals surface area (Å²) in [4.78, 5) is 18.4. The van der Waals surface area contributed by atoms with Crippen molar-refractivity contribution >= 4 is 33.0 Å². The number of rotatable bonds is 9. The molecule has 3 aromatic carbocycles. The molecule has 8 nitrogen and oxygen atoms in total. The van der Waals surface area contributed by atoms with Crippen molar-refractivity contribution in [2.24, 2.45) is 5.10 Å². The maximum atomic E-state index is 13.6. The summed E-state index contributed by atoms with van der Waals surface area (Å²) in [5.41, 5.74) is 3.25. The quantitative estimate of drug-likeness (QED) is 0.284. The molecule has 1 saturated heterocycles. The third kappa shape index (κ3) is 6.12. The summed E-state index contributed by atoms with van der Waals surface area (Å²) < 4.78 is 7.43. The molecule has 4 aromatic rings. The lowest BCUT2D eigenvalue weighted by Crippen LogP contribution is -2.35. The van der Waals surface area contributed by atoms with Crippen LogP contribution in [0.3, 0.4) is 0 Å². The van der Waals surface area contributed by atoms with Crippen LogP contribution >= 0.6 is 15.9 Å². The van der Waals surface area contributed by atoms with E-state index in [1.165, 1.54) is 10.2 Å². The van der Waals surface area contributed by atoms with Gasteiger partial charge in [-0.3, -0.25) is 4.79 Å². The van der Waals surface area contributed by atoms with Crippen LogP contribution in [0, 0.1) is 0 Å². The van der Waals surface area contributed by atoms with Crippen LogP contribution in [0.2, 0.25) is 0 Å². The minimum absolute atomic E-state index is 0.228. The van der Waals surface area contributed by atoms with Crippen LogP contribution in [-0.2, 0) is 6.54 Å². The van der Waals surface area contributed by atoms with Gasteiger partial charge in [0.05, 0.1) is 24.2 Å². The molecule has 0 unspecified atom stereocenters. The summed E-state index contributed by atoms with van der Waals surface area (Å²) in [6.07, 6.45) is 1.66. The molecule has 202 valence electrons. The number of hydrazine groups is 1. The van der Waals surface area contributed by atoms with Crippen LogP contribution in [0.15, 0.2) is 81.1 Å². The molecule has 1 fully saturated rings. The van der Waals surface area contributed by atoms with E-state index in [0.717, 1.165) is 54.1 Å². The number of benzene rings is 3. The van der Waals surface area contributed by atoms with E-state index in [2.05, 4.69) is 62.3 Å². The Labute approximate surface area is 237 Å². The molecular formula is C30H33BrN6O2. The highest BCUT2D eigenvalue weighted by atomic mass is 79.9. The number of halogens is 1. The molecule has 0 amide bonds. The third-order valence-electron chi connectivity index (χ3n) is 7.05. The van der Waals surface area contributed by atoms with Gasteiger partial charge in [0.25, 0.3) is 5.56 Å². The zero-order chi connectivity index (χ0) is 27.4. The second-order valence-electron chi connectivity index (χ2n) is 9.52. The van der Waals surface area contributed by atoms with Crippen LogP contribution < -0.4 is 15.6 Å². The van der Waals surface area contributed by atoms with Crippen LogP contribution in [0.4, 0.5) is 0 Å². The monoisotopic (exact) mass is 588 g/mol. The summed E-state index contributed by atoms with van der Waals surface area (Å²) in [6, 6.07) is 21.6. The molecule has 5 rings (SSSR count). The van der Waals surface area contributed by atoms with Crippen molar-refractivity contribution in [3.05, 3.63) is 92.7 Å². The second kappa shape index (κ2) is 12.2. The molecule has 0 aliphatic carbocycles. The lowest BCUT2D eigenvalue weighted by molar-refractivity contribution is 0.0388. The zero-order valence-electron chi connectivity index (χ0n) is 22.5. The Kier molecular flexibility index (Phi) is 8.52. The predicted octanol–water partition coefficient (Wildman–Crippen LogP) is 4.75. The SMILES string of the molecule is CCN1CC(NCc2ccc(-c3nc4ccc(Br)cc4c(=O)n3N=Cc3ccc(OC)cc3)cc2)CN1CC. The molecule has 0 spiro atoms. The second-order valence-corrected chi connectivity index (χ2v) is 10.4. The Bertz CT molecular complexity index is 1510. The van der Waals surface area contributed by atoms with Gasteiger partial charge in [0.15, 0.2) is 5.82 Å². The highest BCUT2D eigenvalue weighted by Crippen LogP contribution is 2.22. The number of aromatic nitrogens is 2. The van der Waals surface area contributed by atoms with Gasteiger partial charge in [-0.05, 0) is 53.6 Å². The molecule has 1 N–H and O–H groups in total. The zero-order valence-corrected chi connectivity index (χ0v) is 24.1. The smallest absolute Gasteiger partial charge is 0.282 e. The van der Waals surface area contributed by atoms with Crippen LogP contribution in [0.5, 0.6) is 5.75 Å². The molecule has 0 atom stereocenters. The number of methoxy groups -OCH3 is 1. The van der Waals surface area contributed by atoms with Gasteiger partial charge in [-0.1, -0.05) is 54.0 Å². The van der Waals surface area contributed by atoms with Crippen molar-refractivity contribution in [3.8, 4) is 17.1 Å². The average molecular weight is 590 g/mol. The summed E-state index contributed by atoms with van der Waals surface area (Å²) in [5.74, 6) is 1.25. The number of nitrogens with zero attached hydrogens (tertiary/aromatic N) is 5. The summed E-state index contributed by atoms with van der Waals surface area (Å²) in [7, 11) is 1.63. The summed E-state index contributed by atoms with van der Waals surface area (Å²) in [6.45, 7) is 9.28. The Balaban J connectivity index is 1.42. The molecule has 2 heterocycles. The molecule has 39 heavy (non-hydrogen) atoms. The van der Waals surface area contributed by atoms with Gasteiger partial charge in [0, 0.05) is 48.8 Å². The Morgan fingerprint density at radius 1 is 1.03 bits per heavy atom. The van der Waals surface area contributed by atoms with Crippen molar-refractivity contribution < 1.29 is 4.74 Å². The number of hydrogen-bond acceptors (Lipinski definition) is 7. The van der Waals surface area contributed by atoms with E-state index in [0.29, 0.717) is 22.8 Å². The first kappa shape index (κ1) is 27.2. The van der Waals surface area contributed by atoms with Gasteiger partial charge >= 0.3 is 0 Å². The molecule has 9 heteroatoms. The topological polar surface area (TPSA) is 75.0 Å². The van der Waals surface area contributed by atoms with E-state index in [9.17, 15) is 4.79 Å². The van der Waals surface area contributed by atoms with Crippen molar-refractivity contribution in [1.82, 2.24) is 25.0 Å².